The number of allylic oxidation sites excluding steroid dienone is 1. The number of ketones is 1. The molecule has 5 rings (SSSR count). The first-order chi connectivity index (χ1) is 18.9. The van der Waals surface area contributed by atoms with Crippen LogP contribution in [0.4, 0.5) is 0 Å². The first kappa shape index (κ1) is 33.3. The number of benzene rings is 1. The predicted octanol–water partition coefficient (Wildman–Crippen LogP) is 5.85. The molecule has 1 aromatic rings. The summed E-state index contributed by atoms with van der Waals surface area (Å²) in [4.78, 5) is 35.8. The van der Waals surface area contributed by atoms with E-state index >= 15 is 0 Å². The van der Waals surface area contributed by atoms with E-state index in [1.54, 1.807) is 30.3 Å². The van der Waals surface area contributed by atoms with Crippen molar-refractivity contribution in [1.82, 2.24) is 0 Å². The number of fused-ring (bicyclic) bond motifs is 5. The van der Waals surface area contributed by atoms with Gasteiger partial charge in [-0.15, -0.1) is 12.8 Å². The molecular weight excluding hydrogens is 508 g/mol. The third kappa shape index (κ3) is 5.49. The highest BCUT2D eigenvalue weighted by atomic mass is 16.5. The van der Waals surface area contributed by atoms with E-state index in [9.17, 15) is 19.5 Å². The van der Waals surface area contributed by atoms with E-state index in [-0.39, 0.29) is 23.7 Å². The molecule has 1 saturated heterocycles. The first-order valence-electron chi connectivity index (χ1n) is 14.3. The SMILES string of the molecule is C#C.CC.CC[C@]1(O)CCC(C)=C2[C@@H](OC(C)=O)C(=O)[C@]3(C)CC[C@H]4OC[C@H]4C3[C@@]21C.O=C(O)c1ccccc1. The standard InChI is InChI=1S/C22H32O5.C7H6O2.C2H6.C2H2/c1-6-22(25)10-7-12(2)16-17(27-13(3)23)19(24)20(4)9-8-15-14(11-26-15)18(20)21(16,22)5;8-7(9)6-4-2-1-3-5-6;2*1-2/h14-15,17-18,25H,6-11H2,1-5H3;1-5H,(H,8,9);1-2H3;1-2H/t14-,15-,17-,18?,20-,21-,22+;;;/m1.../s1. The Balaban J connectivity index is 0.000000362. The Hall–Kier alpha value is -2.95. The molecular formula is C33H46O7. The second-order valence-corrected chi connectivity index (χ2v) is 11.3. The summed E-state index contributed by atoms with van der Waals surface area (Å²) in [6, 6.07) is 8.30. The normalized spacial score (nSPS) is 35.2. The zero-order chi connectivity index (χ0) is 30.5. The molecule has 1 aliphatic heterocycles. The highest BCUT2D eigenvalue weighted by Gasteiger charge is 2.72. The molecule has 0 bridgehead atoms. The number of rotatable bonds is 3. The number of Topliss-reactive ketones (excluding diaryl/α,β-unsaturated/α-hetero) is 1. The number of aliphatic hydroxyl groups is 1. The van der Waals surface area contributed by atoms with Gasteiger partial charge in [-0.1, -0.05) is 58.4 Å². The Morgan fingerprint density at radius 3 is 2.17 bits per heavy atom. The maximum atomic E-state index is 13.7. The van der Waals surface area contributed by atoms with Crippen LogP contribution in [0.1, 0.15) is 90.9 Å². The fourth-order valence-corrected chi connectivity index (χ4v) is 7.63. The number of terminal acetylenes is 1. The van der Waals surface area contributed by atoms with Crippen molar-refractivity contribution in [2.24, 2.45) is 22.7 Å². The van der Waals surface area contributed by atoms with Gasteiger partial charge in [0.15, 0.2) is 11.9 Å². The number of aromatic carboxylic acids is 1. The lowest BCUT2D eigenvalue weighted by atomic mass is 9.39. The van der Waals surface area contributed by atoms with Gasteiger partial charge in [-0.2, -0.15) is 0 Å². The largest absolute Gasteiger partial charge is 0.478 e. The summed E-state index contributed by atoms with van der Waals surface area (Å²) >= 11 is 0. The monoisotopic (exact) mass is 554 g/mol. The maximum absolute atomic E-state index is 13.7. The third-order valence-electron chi connectivity index (χ3n) is 9.52. The van der Waals surface area contributed by atoms with E-state index in [2.05, 4.69) is 19.8 Å². The molecule has 2 saturated carbocycles. The van der Waals surface area contributed by atoms with Crippen LogP contribution in [0.25, 0.3) is 0 Å². The van der Waals surface area contributed by atoms with Gasteiger partial charge in [-0.25, -0.2) is 4.79 Å². The molecule has 0 spiro atoms. The molecule has 7 atom stereocenters. The van der Waals surface area contributed by atoms with Crippen LogP contribution in [-0.4, -0.2) is 52.4 Å². The minimum Gasteiger partial charge on any atom is -0.478 e. The van der Waals surface area contributed by atoms with Crippen molar-refractivity contribution >= 4 is 17.7 Å². The molecule has 7 heteroatoms. The molecule has 3 fully saturated rings. The van der Waals surface area contributed by atoms with Crippen LogP contribution < -0.4 is 0 Å². The predicted molar refractivity (Wildman–Crippen MR) is 155 cm³/mol. The lowest BCUT2D eigenvalue weighted by molar-refractivity contribution is -0.251. The van der Waals surface area contributed by atoms with E-state index < -0.39 is 34.5 Å². The molecule has 0 amide bonds. The van der Waals surface area contributed by atoms with Gasteiger partial charge < -0.3 is 19.7 Å². The van der Waals surface area contributed by atoms with E-state index in [1.165, 1.54) is 6.92 Å². The van der Waals surface area contributed by atoms with E-state index in [0.717, 1.165) is 30.4 Å². The fourth-order valence-electron chi connectivity index (χ4n) is 7.63. The summed E-state index contributed by atoms with van der Waals surface area (Å²) in [6.07, 6.45) is 10.9. The molecule has 1 unspecified atom stereocenters. The smallest absolute Gasteiger partial charge is 0.335 e. The van der Waals surface area contributed by atoms with Crippen molar-refractivity contribution in [2.45, 2.75) is 98.4 Å². The minimum absolute atomic E-state index is 0.00649. The number of ether oxygens (including phenoxy) is 2. The number of carboxylic acid groups (broad SMARTS) is 1. The Morgan fingerprint density at radius 2 is 1.73 bits per heavy atom. The van der Waals surface area contributed by atoms with Crippen molar-refractivity contribution in [2.75, 3.05) is 6.61 Å². The summed E-state index contributed by atoms with van der Waals surface area (Å²) in [5, 5.41) is 20.2. The highest BCUT2D eigenvalue weighted by Crippen LogP contribution is 2.68. The molecule has 2 N–H and O–H groups in total. The molecule has 3 aliphatic carbocycles. The second-order valence-electron chi connectivity index (χ2n) is 11.3. The summed E-state index contributed by atoms with van der Waals surface area (Å²) in [5.41, 5.74) is 0.180. The van der Waals surface area contributed by atoms with Crippen LogP contribution >= 0.6 is 0 Å². The summed E-state index contributed by atoms with van der Waals surface area (Å²) in [6.45, 7) is 14.2. The second kappa shape index (κ2) is 13.1. The molecule has 7 nitrogen and oxygen atoms in total. The molecule has 1 aromatic carbocycles. The number of carbonyl (C=O) groups is 3. The molecule has 220 valence electrons. The minimum atomic E-state index is -0.912. The lowest BCUT2D eigenvalue weighted by Crippen LogP contribution is -2.72. The van der Waals surface area contributed by atoms with Gasteiger partial charge in [0.2, 0.25) is 0 Å². The van der Waals surface area contributed by atoms with Crippen LogP contribution in [0, 0.1) is 35.5 Å². The van der Waals surface area contributed by atoms with Crippen LogP contribution in [0.15, 0.2) is 41.5 Å². The van der Waals surface area contributed by atoms with Crippen molar-refractivity contribution in [3.8, 4) is 12.8 Å². The van der Waals surface area contributed by atoms with Crippen molar-refractivity contribution in [1.29, 1.82) is 0 Å². The van der Waals surface area contributed by atoms with Crippen molar-refractivity contribution in [3.05, 3.63) is 47.0 Å². The van der Waals surface area contributed by atoms with Crippen molar-refractivity contribution in [3.63, 3.8) is 0 Å². The van der Waals surface area contributed by atoms with Gasteiger partial charge in [0.25, 0.3) is 0 Å². The highest BCUT2D eigenvalue weighted by molar-refractivity contribution is 5.95. The number of hydrogen-bond acceptors (Lipinski definition) is 6. The van der Waals surface area contributed by atoms with Gasteiger partial charge in [-0.05, 0) is 62.7 Å². The average Bonchev–Trinajstić information content (AvgIpc) is 2.93. The third-order valence-corrected chi connectivity index (χ3v) is 9.52. The van der Waals surface area contributed by atoms with E-state index in [0.29, 0.717) is 25.0 Å². The van der Waals surface area contributed by atoms with Crippen LogP contribution in [0.2, 0.25) is 0 Å². The molecule has 4 aliphatic rings. The maximum Gasteiger partial charge on any atom is 0.335 e. The Morgan fingerprint density at radius 1 is 1.12 bits per heavy atom. The lowest BCUT2D eigenvalue weighted by Gasteiger charge is -2.68. The number of hydrogen-bond donors (Lipinski definition) is 2. The Labute approximate surface area is 239 Å². The van der Waals surface area contributed by atoms with Crippen LogP contribution in [0.5, 0.6) is 0 Å². The Kier molecular flexibility index (Phi) is 10.9. The van der Waals surface area contributed by atoms with Crippen molar-refractivity contribution < 1.29 is 34.1 Å². The number of carbonyl (C=O) groups excluding carboxylic acids is 2. The summed E-state index contributed by atoms with van der Waals surface area (Å²) in [5.74, 6) is -1.03. The zero-order valence-corrected chi connectivity index (χ0v) is 25.0. The topological polar surface area (TPSA) is 110 Å². The molecule has 1 heterocycles. The van der Waals surface area contributed by atoms with Crippen LogP contribution in [-0.2, 0) is 19.1 Å². The average molecular weight is 555 g/mol. The van der Waals surface area contributed by atoms with Gasteiger partial charge in [0, 0.05) is 23.7 Å². The van der Waals surface area contributed by atoms with E-state index in [4.69, 9.17) is 14.6 Å². The zero-order valence-electron chi connectivity index (χ0n) is 25.0. The summed E-state index contributed by atoms with van der Waals surface area (Å²) in [7, 11) is 0. The molecule has 40 heavy (non-hydrogen) atoms. The van der Waals surface area contributed by atoms with Gasteiger partial charge in [-0.3, -0.25) is 9.59 Å². The van der Waals surface area contributed by atoms with Gasteiger partial charge in [0.1, 0.15) is 0 Å². The number of carboxylic acids is 1. The van der Waals surface area contributed by atoms with Gasteiger partial charge >= 0.3 is 11.9 Å². The Bertz CT molecular complexity index is 1120. The first-order valence-corrected chi connectivity index (χ1v) is 14.3. The molecule has 0 aromatic heterocycles. The summed E-state index contributed by atoms with van der Waals surface area (Å²) < 4.78 is 11.5. The fraction of sp³-hybridized carbons (Fsp3) is 0.606. The quantitative estimate of drug-likeness (QED) is 0.274. The van der Waals surface area contributed by atoms with Gasteiger partial charge in [0.05, 0.1) is 23.9 Å². The number of esters is 1. The van der Waals surface area contributed by atoms with Crippen LogP contribution in [0.3, 0.4) is 0 Å². The molecule has 0 radical (unpaired) electrons. The van der Waals surface area contributed by atoms with E-state index in [1.807, 2.05) is 34.6 Å².